The van der Waals surface area contributed by atoms with E-state index in [0.717, 1.165) is 22.1 Å². The number of carboxylic acid groups (broad SMARTS) is 1. The predicted octanol–water partition coefficient (Wildman–Crippen LogP) is 2.76. The number of rotatable bonds is 5. The normalized spacial score (nSPS) is 13.9. The number of hydrogen-bond donors (Lipinski definition) is 2. The first-order valence-corrected chi connectivity index (χ1v) is 6.58. The van der Waals surface area contributed by atoms with Crippen LogP contribution in [0, 0.1) is 0 Å². The lowest BCUT2D eigenvalue weighted by Gasteiger charge is -2.26. The summed E-state index contributed by atoms with van der Waals surface area (Å²) in [6.07, 6.45) is 0. The van der Waals surface area contributed by atoms with Crippen molar-refractivity contribution >= 4 is 16.7 Å². The standard InChI is InChI=1S/C16H19NO3/c1-4-17-16(2,15(18)19)13-7-5-12-10-14(20-3)8-6-11(12)9-13/h5-10,17H,4H2,1-3H3,(H,18,19). The Balaban J connectivity index is 2.52. The lowest BCUT2D eigenvalue weighted by molar-refractivity contribution is -0.144. The zero-order chi connectivity index (χ0) is 14.8. The molecule has 0 heterocycles. The van der Waals surface area contributed by atoms with Crippen molar-refractivity contribution in [3.8, 4) is 5.75 Å². The Morgan fingerprint density at radius 2 is 1.90 bits per heavy atom. The summed E-state index contributed by atoms with van der Waals surface area (Å²) in [6.45, 7) is 4.17. The molecule has 2 N–H and O–H groups in total. The van der Waals surface area contributed by atoms with E-state index in [1.807, 2.05) is 43.3 Å². The molecule has 0 bridgehead atoms. The van der Waals surface area contributed by atoms with E-state index in [9.17, 15) is 9.90 Å². The van der Waals surface area contributed by atoms with Gasteiger partial charge in [0.2, 0.25) is 0 Å². The number of likely N-dealkylation sites (N-methyl/N-ethyl adjacent to an activating group) is 1. The fourth-order valence-corrected chi connectivity index (χ4v) is 2.32. The van der Waals surface area contributed by atoms with Gasteiger partial charge in [0.05, 0.1) is 7.11 Å². The van der Waals surface area contributed by atoms with Gasteiger partial charge in [0.1, 0.15) is 11.3 Å². The molecule has 2 rings (SSSR count). The van der Waals surface area contributed by atoms with Crippen LogP contribution in [-0.4, -0.2) is 24.7 Å². The molecule has 0 radical (unpaired) electrons. The fraction of sp³-hybridized carbons (Fsp3) is 0.312. The molecule has 2 aromatic rings. The smallest absolute Gasteiger partial charge is 0.328 e. The van der Waals surface area contributed by atoms with Gasteiger partial charge in [-0.1, -0.05) is 25.1 Å². The van der Waals surface area contributed by atoms with E-state index >= 15 is 0 Å². The molecule has 0 aliphatic rings. The highest BCUT2D eigenvalue weighted by Crippen LogP contribution is 2.27. The molecular weight excluding hydrogens is 254 g/mol. The zero-order valence-corrected chi connectivity index (χ0v) is 11.9. The third kappa shape index (κ3) is 2.47. The molecule has 0 aliphatic heterocycles. The summed E-state index contributed by atoms with van der Waals surface area (Å²) in [5.74, 6) is -0.0925. The Hall–Kier alpha value is -2.07. The van der Waals surface area contributed by atoms with Gasteiger partial charge in [0, 0.05) is 0 Å². The second kappa shape index (κ2) is 5.51. The molecule has 0 saturated heterocycles. The average Bonchev–Trinajstić information content (AvgIpc) is 2.46. The number of aliphatic carboxylic acids is 1. The highest BCUT2D eigenvalue weighted by molar-refractivity contribution is 5.87. The maximum atomic E-state index is 11.6. The first-order chi connectivity index (χ1) is 9.51. The van der Waals surface area contributed by atoms with Gasteiger partial charge in [0.25, 0.3) is 0 Å². The number of carbonyl (C=O) groups is 1. The Kier molecular flexibility index (Phi) is 3.95. The molecule has 0 aliphatic carbocycles. The van der Waals surface area contributed by atoms with Gasteiger partial charge in [-0.15, -0.1) is 0 Å². The predicted molar refractivity (Wildman–Crippen MR) is 79.2 cm³/mol. The molecule has 2 aromatic carbocycles. The summed E-state index contributed by atoms with van der Waals surface area (Å²) in [7, 11) is 1.63. The van der Waals surface area contributed by atoms with Crippen LogP contribution < -0.4 is 10.1 Å². The van der Waals surface area contributed by atoms with Crippen LogP contribution in [0.4, 0.5) is 0 Å². The van der Waals surface area contributed by atoms with Crippen LogP contribution in [-0.2, 0) is 10.3 Å². The van der Waals surface area contributed by atoms with E-state index < -0.39 is 11.5 Å². The van der Waals surface area contributed by atoms with Gasteiger partial charge >= 0.3 is 5.97 Å². The van der Waals surface area contributed by atoms with Crippen molar-refractivity contribution in [2.45, 2.75) is 19.4 Å². The highest BCUT2D eigenvalue weighted by Gasteiger charge is 2.34. The second-order valence-corrected chi connectivity index (χ2v) is 4.89. The van der Waals surface area contributed by atoms with Crippen LogP contribution >= 0.6 is 0 Å². The third-order valence-electron chi connectivity index (χ3n) is 3.58. The summed E-state index contributed by atoms with van der Waals surface area (Å²) in [4.78, 5) is 11.6. The van der Waals surface area contributed by atoms with Gasteiger partial charge < -0.3 is 9.84 Å². The molecular formula is C16H19NO3. The Labute approximate surface area is 118 Å². The molecule has 1 unspecified atom stereocenters. The van der Waals surface area contributed by atoms with Crippen LogP contribution in [0.15, 0.2) is 36.4 Å². The third-order valence-corrected chi connectivity index (χ3v) is 3.58. The number of benzene rings is 2. The molecule has 0 amide bonds. The first-order valence-electron chi connectivity index (χ1n) is 6.58. The van der Waals surface area contributed by atoms with Crippen LogP contribution in [0.5, 0.6) is 5.75 Å². The Bertz CT molecular complexity index is 639. The lowest BCUT2D eigenvalue weighted by Crippen LogP contribution is -2.46. The molecule has 0 fully saturated rings. The minimum atomic E-state index is -1.08. The quantitative estimate of drug-likeness (QED) is 0.879. The van der Waals surface area contributed by atoms with Crippen molar-refractivity contribution in [2.75, 3.05) is 13.7 Å². The van der Waals surface area contributed by atoms with Crippen molar-refractivity contribution in [2.24, 2.45) is 0 Å². The van der Waals surface area contributed by atoms with E-state index in [0.29, 0.717) is 6.54 Å². The second-order valence-electron chi connectivity index (χ2n) is 4.89. The molecule has 20 heavy (non-hydrogen) atoms. The molecule has 4 nitrogen and oxygen atoms in total. The van der Waals surface area contributed by atoms with Crippen LogP contribution in [0.1, 0.15) is 19.4 Å². The number of methoxy groups -OCH3 is 1. The van der Waals surface area contributed by atoms with E-state index in [2.05, 4.69) is 5.32 Å². The molecule has 0 saturated carbocycles. The molecule has 1 atom stereocenters. The van der Waals surface area contributed by atoms with Gasteiger partial charge in [-0.2, -0.15) is 0 Å². The van der Waals surface area contributed by atoms with Crippen LogP contribution in [0.25, 0.3) is 10.8 Å². The van der Waals surface area contributed by atoms with Crippen molar-refractivity contribution in [1.29, 1.82) is 0 Å². The average molecular weight is 273 g/mol. The van der Waals surface area contributed by atoms with E-state index in [4.69, 9.17) is 4.74 Å². The van der Waals surface area contributed by atoms with E-state index in [1.165, 1.54) is 0 Å². The number of nitrogens with one attached hydrogen (secondary N) is 1. The van der Waals surface area contributed by atoms with Gasteiger partial charge in [-0.25, -0.2) is 4.79 Å². The maximum absolute atomic E-state index is 11.6. The number of fused-ring (bicyclic) bond motifs is 1. The minimum absolute atomic E-state index is 0.587. The largest absolute Gasteiger partial charge is 0.497 e. The molecule has 0 spiro atoms. The van der Waals surface area contributed by atoms with Crippen molar-refractivity contribution in [3.63, 3.8) is 0 Å². The maximum Gasteiger partial charge on any atom is 0.328 e. The number of carboxylic acids is 1. The topological polar surface area (TPSA) is 58.6 Å². The van der Waals surface area contributed by atoms with Crippen molar-refractivity contribution in [3.05, 3.63) is 42.0 Å². The summed E-state index contributed by atoms with van der Waals surface area (Å²) in [5.41, 5.74) is -0.340. The zero-order valence-electron chi connectivity index (χ0n) is 11.9. The monoisotopic (exact) mass is 273 g/mol. The van der Waals surface area contributed by atoms with Gasteiger partial charge in [0.15, 0.2) is 0 Å². The lowest BCUT2D eigenvalue weighted by atomic mass is 9.90. The first kappa shape index (κ1) is 14.3. The number of ether oxygens (including phenoxy) is 1. The van der Waals surface area contributed by atoms with Crippen LogP contribution in [0.3, 0.4) is 0 Å². The summed E-state index contributed by atoms with van der Waals surface area (Å²) < 4.78 is 5.19. The summed E-state index contributed by atoms with van der Waals surface area (Å²) in [5, 5.41) is 14.5. The SMILES string of the molecule is CCNC(C)(C(=O)O)c1ccc2cc(OC)ccc2c1. The molecule has 4 heteroatoms. The van der Waals surface area contributed by atoms with E-state index in [1.54, 1.807) is 14.0 Å². The molecule has 0 aromatic heterocycles. The van der Waals surface area contributed by atoms with Crippen molar-refractivity contribution in [1.82, 2.24) is 5.32 Å². The number of hydrogen-bond acceptors (Lipinski definition) is 3. The van der Waals surface area contributed by atoms with E-state index in [-0.39, 0.29) is 0 Å². The molecule has 106 valence electrons. The Morgan fingerprint density at radius 1 is 1.25 bits per heavy atom. The van der Waals surface area contributed by atoms with Crippen LogP contribution in [0.2, 0.25) is 0 Å². The highest BCUT2D eigenvalue weighted by atomic mass is 16.5. The van der Waals surface area contributed by atoms with Gasteiger partial charge in [-0.3, -0.25) is 5.32 Å². The summed E-state index contributed by atoms with van der Waals surface area (Å²) in [6, 6.07) is 11.4. The summed E-state index contributed by atoms with van der Waals surface area (Å²) >= 11 is 0. The van der Waals surface area contributed by atoms with Gasteiger partial charge in [-0.05, 0) is 48.0 Å². The van der Waals surface area contributed by atoms with Crippen molar-refractivity contribution < 1.29 is 14.6 Å². The minimum Gasteiger partial charge on any atom is -0.497 e. The fourth-order valence-electron chi connectivity index (χ4n) is 2.32. The Morgan fingerprint density at radius 3 is 2.50 bits per heavy atom.